The molecule has 0 radical (unpaired) electrons. The number of hydrogen-bond acceptors (Lipinski definition) is 3. The number of rotatable bonds is 3. The predicted octanol–water partition coefficient (Wildman–Crippen LogP) is 2.20. The predicted molar refractivity (Wildman–Crippen MR) is 69.3 cm³/mol. The lowest BCUT2D eigenvalue weighted by Crippen LogP contribution is -2.22. The fraction of sp³-hybridized carbons (Fsp3) is 0.143. The van der Waals surface area contributed by atoms with E-state index in [2.05, 4.69) is 10.3 Å². The number of carbonyl (C=O) groups excluding carboxylic acids is 1. The highest BCUT2D eigenvalue weighted by Gasteiger charge is 2.06. The van der Waals surface area contributed by atoms with Crippen molar-refractivity contribution in [3.63, 3.8) is 0 Å². The molecule has 4 heteroatoms. The Kier molecular flexibility index (Phi) is 3.57. The Labute approximate surface area is 105 Å². The van der Waals surface area contributed by atoms with Crippen LogP contribution in [-0.2, 0) is 0 Å². The molecule has 2 rings (SSSR count). The fourth-order valence-corrected chi connectivity index (χ4v) is 1.69. The summed E-state index contributed by atoms with van der Waals surface area (Å²) in [6.45, 7) is 2.47. The highest BCUT2D eigenvalue weighted by atomic mass is 16.3. The van der Waals surface area contributed by atoms with Crippen molar-refractivity contribution in [2.75, 3.05) is 6.54 Å². The van der Waals surface area contributed by atoms with E-state index < -0.39 is 0 Å². The van der Waals surface area contributed by atoms with E-state index in [1.54, 1.807) is 24.4 Å². The molecule has 1 heterocycles. The van der Waals surface area contributed by atoms with Crippen molar-refractivity contribution in [3.05, 3.63) is 48.3 Å². The van der Waals surface area contributed by atoms with Gasteiger partial charge in [-0.15, -0.1) is 0 Å². The number of hydrogen-bond donors (Lipinski definition) is 2. The summed E-state index contributed by atoms with van der Waals surface area (Å²) in [6.07, 6.45) is 3.02. The van der Waals surface area contributed by atoms with Gasteiger partial charge in [-0.25, -0.2) is 0 Å². The van der Waals surface area contributed by atoms with Crippen LogP contribution in [-0.4, -0.2) is 22.5 Å². The molecule has 0 aliphatic rings. The number of aromatic hydroxyl groups is 1. The Balaban J connectivity index is 2.35. The van der Waals surface area contributed by atoms with Gasteiger partial charge in [-0.05, 0) is 30.7 Å². The van der Waals surface area contributed by atoms with Gasteiger partial charge in [0.05, 0.1) is 6.20 Å². The lowest BCUT2D eigenvalue weighted by molar-refractivity contribution is 0.0956. The molecule has 1 amide bonds. The molecule has 0 saturated heterocycles. The molecule has 2 aromatic rings. The molecule has 0 bridgehead atoms. The maximum Gasteiger partial charge on any atom is 0.251 e. The number of carbonyl (C=O) groups is 1. The van der Waals surface area contributed by atoms with Crippen LogP contribution in [0.3, 0.4) is 0 Å². The van der Waals surface area contributed by atoms with Gasteiger partial charge in [-0.3, -0.25) is 9.78 Å². The van der Waals surface area contributed by atoms with Gasteiger partial charge in [-0.2, -0.15) is 0 Å². The molecule has 0 aliphatic carbocycles. The van der Waals surface area contributed by atoms with E-state index in [4.69, 9.17) is 0 Å². The van der Waals surface area contributed by atoms with E-state index in [1.165, 1.54) is 6.20 Å². The minimum absolute atomic E-state index is 0.104. The average Bonchev–Trinajstić information content (AvgIpc) is 2.39. The Hall–Kier alpha value is -2.36. The number of nitrogens with one attached hydrogen (secondary N) is 1. The summed E-state index contributed by atoms with van der Waals surface area (Å²) < 4.78 is 0. The van der Waals surface area contributed by atoms with E-state index in [0.29, 0.717) is 12.1 Å². The standard InChI is InChI=1S/C14H14N2O2/c1-2-16-14(18)11-5-3-4-10(6-11)12-7-13(17)9-15-8-12/h3-9,17H,2H2,1H3,(H,16,18). The molecule has 92 valence electrons. The van der Waals surface area contributed by atoms with Crippen molar-refractivity contribution in [2.24, 2.45) is 0 Å². The molecular formula is C14H14N2O2. The third kappa shape index (κ3) is 2.66. The largest absolute Gasteiger partial charge is 0.506 e. The van der Waals surface area contributed by atoms with Gasteiger partial charge in [0.1, 0.15) is 5.75 Å². The van der Waals surface area contributed by atoms with Crippen molar-refractivity contribution < 1.29 is 9.90 Å². The first-order chi connectivity index (χ1) is 8.70. The zero-order chi connectivity index (χ0) is 13.0. The van der Waals surface area contributed by atoms with E-state index in [-0.39, 0.29) is 11.7 Å². The lowest BCUT2D eigenvalue weighted by atomic mass is 10.0. The van der Waals surface area contributed by atoms with E-state index >= 15 is 0 Å². The summed E-state index contributed by atoms with van der Waals surface area (Å²) in [6, 6.07) is 8.83. The quantitative estimate of drug-likeness (QED) is 0.867. The van der Waals surface area contributed by atoms with Gasteiger partial charge >= 0.3 is 0 Å². The van der Waals surface area contributed by atoms with Crippen molar-refractivity contribution in [2.45, 2.75) is 6.92 Å². The van der Waals surface area contributed by atoms with Crippen LogP contribution in [0, 0.1) is 0 Å². The average molecular weight is 242 g/mol. The molecule has 2 N–H and O–H groups in total. The number of nitrogens with zero attached hydrogens (tertiary/aromatic N) is 1. The molecule has 1 aromatic carbocycles. The maximum atomic E-state index is 11.7. The van der Waals surface area contributed by atoms with Crippen LogP contribution in [0.2, 0.25) is 0 Å². The maximum absolute atomic E-state index is 11.7. The molecule has 0 saturated carbocycles. The zero-order valence-electron chi connectivity index (χ0n) is 10.1. The second-order valence-electron chi connectivity index (χ2n) is 3.87. The third-order valence-electron chi connectivity index (χ3n) is 2.52. The number of aromatic nitrogens is 1. The summed E-state index contributed by atoms with van der Waals surface area (Å²) in [5, 5.41) is 12.1. The Morgan fingerprint density at radius 1 is 1.28 bits per heavy atom. The summed E-state index contributed by atoms with van der Waals surface area (Å²) >= 11 is 0. The summed E-state index contributed by atoms with van der Waals surface area (Å²) in [5.74, 6) is 0.00313. The van der Waals surface area contributed by atoms with E-state index in [1.807, 2.05) is 19.1 Å². The molecule has 4 nitrogen and oxygen atoms in total. The first-order valence-corrected chi connectivity index (χ1v) is 5.73. The zero-order valence-corrected chi connectivity index (χ0v) is 10.1. The summed E-state index contributed by atoms with van der Waals surface area (Å²) in [4.78, 5) is 15.6. The van der Waals surface area contributed by atoms with Crippen molar-refractivity contribution in [1.29, 1.82) is 0 Å². The van der Waals surface area contributed by atoms with Gasteiger partial charge in [0.2, 0.25) is 0 Å². The topological polar surface area (TPSA) is 62.2 Å². The molecular weight excluding hydrogens is 228 g/mol. The van der Waals surface area contributed by atoms with Crippen LogP contribution in [0.5, 0.6) is 5.75 Å². The second-order valence-corrected chi connectivity index (χ2v) is 3.87. The minimum atomic E-state index is -0.104. The molecule has 0 fully saturated rings. The normalized spacial score (nSPS) is 10.1. The van der Waals surface area contributed by atoms with Crippen molar-refractivity contribution >= 4 is 5.91 Å². The second kappa shape index (κ2) is 5.31. The van der Waals surface area contributed by atoms with Crippen LogP contribution in [0.4, 0.5) is 0 Å². The fourth-order valence-electron chi connectivity index (χ4n) is 1.69. The Morgan fingerprint density at radius 2 is 2.11 bits per heavy atom. The minimum Gasteiger partial charge on any atom is -0.506 e. The Morgan fingerprint density at radius 3 is 2.83 bits per heavy atom. The van der Waals surface area contributed by atoms with E-state index in [0.717, 1.165) is 11.1 Å². The van der Waals surface area contributed by atoms with Crippen molar-refractivity contribution in [1.82, 2.24) is 10.3 Å². The van der Waals surface area contributed by atoms with Gasteiger partial charge in [0, 0.05) is 23.9 Å². The monoisotopic (exact) mass is 242 g/mol. The number of benzene rings is 1. The van der Waals surface area contributed by atoms with Crippen LogP contribution in [0.25, 0.3) is 11.1 Å². The van der Waals surface area contributed by atoms with Gasteiger partial charge in [-0.1, -0.05) is 12.1 Å². The molecule has 1 aromatic heterocycles. The van der Waals surface area contributed by atoms with Crippen molar-refractivity contribution in [3.8, 4) is 16.9 Å². The highest BCUT2D eigenvalue weighted by Crippen LogP contribution is 2.22. The first-order valence-electron chi connectivity index (χ1n) is 5.73. The van der Waals surface area contributed by atoms with E-state index in [9.17, 15) is 9.90 Å². The molecule has 0 atom stereocenters. The molecule has 0 unspecified atom stereocenters. The van der Waals surface area contributed by atoms with Gasteiger partial charge < -0.3 is 10.4 Å². The lowest BCUT2D eigenvalue weighted by Gasteiger charge is -2.05. The van der Waals surface area contributed by atoms with Gasteiger partial charge in [0.15, 0.2) is 0 Å². The van der Waals surface area contributed by atoms with Gasteiger partial charge in [0.25, 0.3) is 5.91 Å². The van der Waals surface area contributed by atoms with Crippen LogP contribution in [0.1, 0.15) is 17.3 Å². The molecule has 0 spiro atoms. The highest BCUT2D eigenvalue weighted by molar-refractivity contribution is 5.95. The smallest absolute Gasteiger partial charge is 0.251 e. The van der Waals surface area contributed by atoms with Crippen LogP contribution < -0.4 is 5.32 Å². The molecule has 18 heavy (non-hydrogen) atoms. The Bertz CT molecular complexity index is 567. The SMILES string of the molecule is CCNC(=O)c1cccc(-c2cncc(O)c2)c1. The van der Waals surface area contributed by atoms with Crippen LogP contribution in [0.15, 0.2) is 42.7 Å². The molecule has 0 aliphatic heterocycles. The number of pyridine rings is 1. The first kappa shape index (κ1) is 12.1. The summed E-state index contributed by atoms with van der Waals surface area (Å²) in [7, 11) is 0. The van der Waals surface area contributed by atoms with Crippen LogP contribution >= 0.6 is 0 Å². The third-order valence-corrected chi connectivity index (χ3v) is 2.52. The summed E-state index contributed by atoms with van der Waals surface area (Å²) in [5.41, 5.74) is 2.22. The number of amides is 1.